The Morgan fingerprint density at radius 2 is 1.70 bits per heavy atom. The third-order valence-electron chi connectivity index (χ3n) is 5.96. The molecule has 0 aliphatic carbocycles. The first-order chi connectivity index (χ1) is 16.0. The first-order valence-electron chi connectivity index (χ1n) is 11.3. The van der Waals surface area contributed by atoms with Gasteiger partial charge >= 0.3 is 0 Å². The SMILES string of the molecule is CCOc1ccc(C2/C(=C(\O)c3ccccc3OC)C(=O)C(=O)N2CCN(CC)CC)cc1. The van der Waals surface area contributed by atoms with Gasteiger partial charge in [0.1, 0.15) is 17.3 Å². The van der Waals surface area contributed by atoms with Gasteiger partial charge in [0.15, 0.2) is 0 Å². The van der Waals surface area contributed by atoms with E-state index in [9.17, 15) is 14.7 Å². The van der Waals surface area contributed by atoms with Gasteiger partial charge in [0.05, 0.1) is 30.9 Å². The van der Waals surface area contributed by atoms with Gasteiger partial charge in [-0.25, -0.2) is 0 Å². The zero-order valence-corrected chi connectivity index (χ0v) is 19.7. The number of hydrogen-bond acceptors (Lipinski definition) is 6. The second kappa shape index (κ2) is 11.0. The van der Waals surface area contributed by atoms with E-state index in [2.05, 4.69) is 18.7 Å². The molecule has 1 unspecified atom stereocenters. The molecule has 0 saturated carbocycles. The summed E-state index contributed by atoms with van der Waals surface area (Å²) >= 11 is 0. The van der Waals surface area contributed by atoms with Crippen LogP contribution in [0.15, 0.2) is 54.1 Å². The number of aliphatic hydroxyl groups excluding tert-OH is 1. The van der Waals surface area contributed by atoms with Crippen LogP contribution in [0.2, 0.25) is 0 Å². The third-order valence-corrected chi connectivity index (χ3v) is 5.96. The summed E-state index contributed by atoms with van der Waals surface area (Å²) in [5.74, 6) is -0.426. The number of aliphatic hydroxyl groups is 1. The molecule has 0 aromatic heterocycles. The van der Waals surface area contributed by atoms with Crippen LogP contribution in [-0.4, -0.2) is 66.5 Å². The Balaban J connectivity index is 2.11. The highest BCUT2D eigenvalue weighted by Crippen LogP contribution is 2.41. The van der Waals surface area contributed by atoms with Crippen LogP contribution in [0.5, 0.6) is 11.5 Å². The zero-order chi connectivity index (χ0) is 24.0. The van der Waals surface area contributed by atoms with Gasteiger partial charge in [0.2, 0.25) is 0 Å². The molecule has 1 N–H and O–H groups in total. The molecule has 1 atom stereocenters. The fourth-order valence-electron chi connectivity index (χ4n) is 4.14. The number of hydrogen-bond donors (Lipinski definition) is 1. The number of benzene rings is 2. The molecule has 7 heteroatoms. The summed E-state index contributed by atoms with van der Waals surface area (Å²) in [7, 11) is 1.50. The van der Waals surface area contributed by atoms with Crippen LogP contribution in [0.25, 0.3) is 5.76 Å². The van der Waals surface area contributed by atoms with Crippen LogP contribution in [0.1, 0.15) is 37.9 Å². The number of para-hydroxylation sites is 1. The molecule has 0 radical (unpaired) electrons. The second-order valence-corrected chi connectivity index (χ2v) is 7.72. The molecule has 1 aliphatic heterocycles. The summed E-state index contributed by atoms with van der Waals surface area (Å²) in [6, 6.07) is 13.5. The number of likely N-dealkylation sites (tertiary alicyclic amines) is 1. The summed E-state index contributed by atoms with van der Waals surface area (Å²) in [6.45, 7) is 9.24. The van der Waals surface area contributed by atoms with Crippen molar-refractivity contribution < 1.29 is 24.2 Å². The zero-order valence-electron chi connectivity index (χ0n) is 19.7. The quantitative estimate of drug-likeness (QED) is 0.335. The van der Waals surface area contributed by atoms with Crippen molar-refractivity contribution in [2.75, 3.05) is 39.9 Å². The van der Waals surface area contributed by atoms with Crippen molar-refractivity contribution >= 4 is 17.4 Å². The van der Waals surface area contributed by atoms with E-state index in [1.54, 1.807) is 29.2 Å². The number of Topliss-reactive ketones (excluding diaryl/α,β-unsaturated/α-hetero) is 1. The topological polar surface area (TPSA) is 79.3 Å². The molecule has 3 rings (SSSR count). The van der Waals surface area contributed by atoms with E-state index in [4.69, 9.17) is 9.47 Å². The fourth-order valence-corrected chi connectivity index (χ4v) is 4.14. The Kier molecular flexibility index (Phi) is 8.11. The number of rotatable bonds is 10. The molecule has 1 aliphatic rings. The number of amides is 1. The molecular weight excluding hydrogens is 420 g/mol. The highest BCUT2D eigenvalue weighted by Gasteiger charge is 2.46. The number of ketones is 1. The number of carbonyl (C=O) groups is 2. The molecule has 1 amide bonds. The lowest BCUT2D eigenvalue weighted by atomic mass is 9.95. The van der Waals surface area contributed by atoms with E-state index in [1.807, 2.05) is 31.2 Å². The maximum atomic E-state index is 13.2. The predicted octanol–water partition coefficient (Wildman–Crippen LogP) is 3.86. The number of carbonyl (C=O) groups excluding carboxylic acids is 2. The molecule has 0 bridgehead atoms. The Morgan fingerprint density at radius 3 is 2.30 bits per heavy atom. The lowest BCUT2D eigenvalue weighted by molar-refractivity contribution is -0.140. The van der Waals surface area contributed by atoms with E-state index in [1.165, 1.54) is 7.11 Å². The van der Waals surface area contributed by atoms with Crippen molar-refractivity contribution in [3.8, 4) is 11.5 Å². The third kappa shape index (κ3) is 5.03. The van der Waals surface area contributed by atoms with Crippen molar-refractivity contribution in [2.45, 2.75) is 26.8 Å². The van der Waals surface area contributed by atoms with E-state index < -0.39 is 17.7 Å². The van der Waals surface area contributed by atoms with Crippen molar-refractivity contribution in [1.82, 2.24) is 9.80 Å². The summed E-state index contributed by atoms with van der Waals surface area (Å²) in [5.41, 5.74) is 1.17. The van der Waals surface area contributed by atoms with Gasteiger partial charge in [-0.15, -0.1) is 0 Å². The number of methoxy groups -OCH3 is 1. The monoisotopic (exact) mass is 452 g/mol. The van der Waals surface area contributed by atoms with Gasteiger partial charge in [-0.3, -0.25) is 9.59 Å². The minimum atomic E-state index is -0.707. The van der Waals surface area contributed by atoms with Crippen LogP contribution >= 0.6 is 0 Å². The molecule has 2 aromatic carbocycles. The summed E-state index contributed by atoms with van der Waals surface area (Å²) in [4.78, 5) is 30.0. The lowest BCUT2D eigenvalue weighted by Crippen LogP contribution is -2.38. The van der Waals surface area contributed by atoms with Gasteiger partial charge in [-0.05, 0) is 49.8 Å². The van der Waals surface area contributed by atoms with Gasteiger partial charge in [0, 0.05) is 13.1 Å². The first kappa shape index (κ1) is 24.3. The highest BCUT2D eigenvalue weighted by molar-refractivity contribution is 6.46. The summed E-state index contributed by atoms with van der Waals surface area (Å²) in [5, 5.41) is 11.2. The molecule has 2 aromatic rings. The Labute approximate surface area is 195 Å². The molecule has 7 nitrogen and oxygen atoms in total. The normalized spacial score (nSPS) is 17.6. The molecule has 0 spiro atoms. The highest BCUT2D eigenvalue weighted by atomic mass is 16.5. The van der Waals surface area contributed by atoms with Crippen LogP contribution in [0.3, 0.4) is 0 Å². The largest absolute Gasteiger partial charge is 0.507 e. The van der Waals surface area contributed by atoms with Gasteiger partial charge in [-0.1, -0.05) is 38.1 Å². The molecule has 1 heterocycles. The standard InChI is InChI=1S/C26H32N2O5/c1-5-27(6-2)16-17-28-23(18-12-14-19(15-13-18)33-7-3)22(25(30)26(28)31)24(29)20-10-8-9-11-21(20)32-4/h8-15,23,29H,5-7,16-17H2,1-4H3/b24-22+. The van der Waals surface area contributed by atoms with Crippen LogP contribution in [0, 0.1) is 0 Å². The minimum absolute atomic E-state index is 0.0632. The number of likely N-dealkylation sites (N-methyl/N-ethyl adjacent to an activating group) is 1. The maximum absolute atomic E-state index is 13.2. The van der Waals surface area contributed by atoms with Crippen molar-refractivity contribution in [1.29, 1.82) is 0 Å². The van der Waals surface area contributed by atoms with Crippen LogP contribution in [-0.2, 0) is 9.59 Å². The van der Waals surface area contributed by atoms with Crippen molar-refractivity contribution in [3.05, 3.63) is 65.2 Å². The number of nitrogens with zero attached hydrogens (tertiary/aromatic N) is 2. The Hall–Kier alpha value is -3.32. The van der Waals surface area contributed by atoms with E-state index in [-0.39, 0.29) is 11.3 Å². The molecule has 1 fully saturated rings. The average Bonchev–Trinajstić information content (AvgIpc) is 3.10. The van der Waals surface area contributed by atoms with E-state index in [0.717, 1.165) is 18.7 Å². The predicted molar refractivity (Wildman–Crippen MR) is 127 cm³/mol. The second-order valence-electron chi connectivity index (χ2n) is 7.72. The summed E-state index contributed by atoms with van der Waals surface area (Å²) in [6.07, 6.45) is 0. The average molecular weight is 453 g/mol. The lowest BCUT2D eigenvalue weighted by Gasteiger charge is -2.28. The first-order valence-corrected chi connectivity index (χ1v) is 11.3. The van der Waals surface area contributed by atoms with Gasteiger partial charge < -0.3 is 24.4 Å². The Morgan fingerprint density at radius 1 is 1.03 bits per heavy atom. The molecule has 176 valence electrons. The maximum Gasteiger partial charge on any atom is 0.295 e. The molecule has 1 saturated heterocycles. The van der Waals surface area contributed by atoms with Gasteiger partial charge in [-0.2, -0.15) is 0 Å². The van der Waals surface area contributed by atoms with E-state index >= 15 is 0 Å². The molecule has 33 heavy (non-hydrogen) atoms. The van der Waals surface area contributed by atoms with Gasteiger partial charge in [0.25, 0.3) is 11.7 Å². The fraction of sp³-hybridized carbons (Fsp3) is 0.385. The number of ether oxygens (including phenoxy) is 2. The van der Waals surface area contributed by atoms with E-state index in [0.29, 0.717) is 36.8 Å². The van der Waals surface area contributed by atoms with Crippen LogP contribution < -0.4 is 9.47 Å². The Bertz CT molecular complexity index is 1010. The summed E-state index contributed by atoms with van der Waals surface area (Å²) < 4.78 is 10.9. The van der Waals surface area contributed by atoms with Crippen molar-refractivity contribution in [3.63, 3.8) is 0 Å². The van der Waals surface area contributed by atoms with Crippen LogP contribution in [0.4, 0.5) is 0 Å². The smallest absolute Gasteiger partial charge is 0.295 e. The molecular formula is C26H32N2O5. The minimum Gasteiger partial charge on any atom is -0.507 e. The van der Waals surface area contributed by atoms with Crippen molar-refractivity contribution in [2.24, 2.45) is 0 Å².